The van der Waals surface area contributed by atoms with Crippen LogP contribution in [-0.2, 0) is 0 Å². The van der Waals surface area contributed by atoms with Crippen LogP contribution < -0.4 is 0 Å². The normalized spacial score (nSPS) is 15.9. The maximum Gasteiger partial charge on any atom is 0.114 e. The second kappa shape index (κ2) is 3.28. The highest BCUT2D eigenvalue weighted by Crippen LogP contribution is 2.37. The maximum atomic E-state index is 2.28. The Bertz CT molecular complexity index is 164. The van der Waals surface area contributed by atoms with E-state index in [1.807, 2.05) is 0 Å². The summed E-state index contributed by atoms with van der Waals surface area (Å²) >= 11 is 0. The van der Waals surface area contributed by atoms with Gasteiger partial charge in [-0.15, -0.1) is 0 Å². The van der Waals surface area contributed by atoms with Crippen LogP contribution >= 0.6 is 0 Å². The van der Waals surface area contributed by atoms with Crippen molar-refractivity contribution in [3.8, 4) is 0 Å². The summed E-state index contributed by atoms with van der Waals surface area (Å²) in [5, 5.41) is 0.317. The largest absolute Gasteiger partial charge is 0.114 e. The fourth-order valence-corrected chi connectivity index (χ4v) is 1.12. The molecule has 0 spiro atoms. The van der Waals surface area contributed by atoms with Gasteiger partial charge in [0.1, 0.15) is 7.85 Å². The van der Waals surface area contributed by atoms with E-state index < -0.39 is 0 Å². The first-order chi connectivity index (χ1) is 5.07. The average molecular weight is 166 g/mol. The van der Waals surface area contributed by atoms with Crippen molar-refractivity contribution in [1.29, 1.82) is 0 Å². The molecule has 0 radical (unpaired) electrons. The quantitative estimate of drug-likeness (QED) is 0.414. The lowest BCUT2D eigenvalue weighted by atomic mass is 9.64. The zero-order valence-electron chi connectivity index (χ0n) is 10.0. The summed E-state index contributed by atoms with van der Waals surface area (Å²) in [7, 11) is 2.28. The Morgan fingerprint density at radius 3 is 1.25 bits per heavy atom. The second-order valence-electron chi connectivity index (χ2n) is 5.75. The molecule has 0 atom stereocenters. The van der Waals surface area contributed by atoms with Gasteiger partial charge >= 0.3 is 0 Å². The van der Waals surface area contributed by atoms with Gasteiger partial charge in [0.15, 0.2) is 0 Å². The van der Waals surface area contributed by atoms with Gasteiger partial charge in [0.2, 0.25) is 0 Å². The number of hydrogen-bond acceptors (Lipinski definition) is 0. The maximum absolute atomic E-state index is 2.28. The smallest absolute Gasteiger partial charge is 0.0762 e. The fraction of sp³-hybridized carbons (Fsp3) is 0.818. The second-order valence-corrected chi connectivity index (χ2v) is 5.75. The van der Waals surface area contributed by atoms with Gasteiger partial charge in [0, 0.05) is 0 Å². The van der Waals surface area contributed by atoms with Gasteiger partial charge in [-0.25, -0.2) is 0 Å². The summed E-state index contributed by atoms with van der Waals surface area (Å²) in [6.07, 6.45) is 0. The van der Waals surface area contributed by atoms with Crippen LogP contribution in [0, 0.1) is 5.41 Å². The third-order valence-electron chi connectivity index (χ3n) is 2.81. The molecule has 12 heavy (non-hydrogen) atoms. The van der Waals surface area contributed by atoms with Crippen molar-refractivity contribution in [2.75, 3.05) is 0 Å². The zero-order chi connectivity index (χ0) is 10.2. The number of allylic oxidation sites excluding steroid dienone is 2. The van der Waals surface area contributed by atoms with Crippen molar-refractivity contribution in [3.05, 3.63) is 11.1 Å². The van der Waals surface area contributed by atoms with Crippen molar-refractivity contribution in [2.24, 2.45) is 5.41 Å². The highest BCUT2D eigenvalue weighted by molar-refractivity contribution is 6.16. The van der Waals surface area contributed by atoms with E-state index >= 15 is 0 Å². The van der Waals surface area contributed by atoms with Gasteiger partial charge in [-0.1, -0.05) is 45.8 Å². The standard InChI is InChI=1S/C11H23B/c1-8(10(3,4)5)9(2)11(6,7)12/h12H2,1-7H3/b9-8+. The molecule has 0 aliphatic heterocycles. The lowest BCUT2D eigenvalue weighted by molar-refractivity contribution is 0.491. The molecular weight excluding hydrogens is 143 g/mol. The van der Waals surface area contributed by atoms with Gasteiger partial charge in [0.25, 0.3) is 0 Å². The van der Waals surface area contributed by atoms with Gasteiger partial charge in [-0.3, -0.25) is 0 Å². The molecule has 0 saturated heterocycles. The minimum Gasteiger partial charge on any atom is -0.0762 e. The van der Waals surface area contributed by atoms with Crippen LogP contribution in [0.3, 0.4) is 0 Å². The lowest BCUT2D eigenvalue weighted by Crippen LogP contribution is -2.14. The molecule has 0 rings (SSSR count). The van der Waals surface area contributed by atoms with Crippen LogP contribution in [-0.4, -0.2) is 7.85 Å². The topological polar surface area (TPSA) is 0 Å². The molecule has 0 saturated carbocycles. The summed E-state index contributed by atoms with van der Waals surface area (Å²) < 4.78 is 0. The zero-order valence-corrected chi connectivity index (χ0v) is 10.0. The van der Waals surface area contributed by atoms with Crippen molar-refractivity contribution in [1.82, 2.24) is 0 Å². The van der Waals surface area contributed by atoms with Crippen LogP contribution in [0.2, 0.25) is 5.31 Å². The molecular formula is C11H23B. The van der Waals surface area contributed by atoms with E-state index in [9.17, 15) is 0 Å². The Kier molecular flexibility index (Phi) is 3.22. The Hall–Kier alpha value is -0.195. The summed E-state index contributed by atoms with van der Waals surface area (Å²) in [4.78, 5) is 0. The van der Waals surface area contributed by atoms with Gasteiger partial charge in [-0.2, -0.15) is 0 Å². The molecule has 70 valence electrons. The minimum absolute atomic E-state index is 0.317. The summed E-state index contributed by atoms with van der Waals surface area (Å²) in [6.45, 7) is 15.9. The monoisotopic (exact) mass is 166 g/mol. The first kappa shape index (κ1) is 11.8. The third kappa shape index (κ3) is 3.04. The van der Waals surface area contributed by atoms with Crippen molar-refractivity contribution >= 4 is 7.85 Å². The van der Waals surface area contributed by atoms with Gasteiger partial charge in [-0.05, 0) is 24.6 Å². The van der Waals surface area contributed by atoms with Crippen LogP contribution in [0.1, 0.15) is 48.5 Å². The van der Waals surface area contributed by atoms with E-state index in [1.54, 1.807) is 0 Å². The van der Waals surface area contributed by atoms with Crippen LogP contribution in [0.5, 0.6) is 0 Å². The summed E-state index contributed by atoms with van der Waals surface area (Å²) in [5.74, 6) is 0. The number of hydrogen-bond donors (Lipinski definition) is 0. The van der Waals surface area contributed by atoms with Crippen LogP contribution in [0.15, 0.2) is 11.1 Å². The van der Waals surface area contributed by atoms with E-state index in [-0.39, 0.29) is 0 Å². The Balaban J connectivity index is 4.96. The first-order valence-corrected chi connectivity index (χ1v) is 4.75. The molecule has 0 bridgehead atoms. The predicted octanol–water partition coefficient (Wildman–Crippen LogP) is 3.20. The molecule has 1 heteroatoms. The molecule has 0 aromatic rings. The summed E-state index contributed by atoms with van der Waals surface area (Å²) in [5.41, 5.74) is 3.36. The molecule has 0 aliphatic carbocycles. The minimum atomic E-state index is 0.317. The molecule has 0 aromatic heterocycles. The number of rotatable bonds is 1. The average Bonchev–Trinajstić information content (AvgIpc) is 1.80. The van der Waals surface area contributed by atoms with Crippen molar-refractivity contribution in [3.63, 3.8) is 0 Å². The first-order valence-electron chi connectivity index (χ1n) is 4.75. The van der Waals surface area contributed by atoms with Gasteiger partial charge in [0.05, 0.1) is 0 Å². The Morgan fingerprint density at radius 1 is 0.833 bits per heavy atom. The summed E-state index contributed by atoms with van der Waals surface area (Å²) in [6, 6.07) is 0. The molecule has 0 nitrogen and oxygen atoms in total. The predicted molar refractivity (Wildman–Crippen MR) is 60.4 cm³/mol. The Labute approximate surface area is 78.9 Å². The van der Waals surface area contributed by atoms with Crippen molar-refractivity contribution < 1.29 is 0 Å². The highest BCUT2D eigenvalue weighted by Gasteiger charge is 2.21. The van der Waals surface area contributed by atoms with Crippen molar-refractivity contribution in [2.45, 2.75) is 53.8 Å². The molecule has 0 heterocycles. The SMILES string of the molecule is BC(C)(C)/C(C)=C(\C)C(C)(C)C. The molecule has 0 fully saturated rings. The van der Waals surface area contributed by atoms with E-state index in [2.05, 4.69) is 56.3 Å². The lowest BCUT2D eigenvalue weighted by Gasteiger charge is -2.29. The molecule has 0 N–H and O–H groups in total. The van der Waals surface area contributed by atoms with E-state index in [1.165, 1.54) is 11.1 Å². The van der Waals surface area contributed by atoms with Gasteiger partial charge < -0.3 is 0 Å². The third-order valence-corrected chi connectivity index (χ3v) is 2.81. The highest BCUT2D eigenvalue weighted by atomic mass is 14.2. The fourth-order valence-electron chi connectivity index (χ4n) is 1.12. The van der Waals surface area contributed by atoms with E-state index in [0.717, 1.165) is 0 Å². The molecule has 0 aromatic carbocycles. The molecule has 0 unspecified atom stereocenters. The Morgan fingerprint density at radius 2 is 1.17 bits per heavy atom. The van der Waals surface area contributed by atoms with E-state index in [0.29, 0.717) is 10.7 Å². The van der Waals surface area contributed by atoms with E-state index in [4.69, 9.17) is 0 Å². The molecule has 0 amide bonds. The van der Waals surface area contributed by atoms with Crippen LogP contribution in [0.25, 0.3) is 0 Å². The van der Waals surface area contributed by atoms with Crippen LogP contribution in [0.4, 0.5) is 0 Å². The molecule has 0 aliphatic rings.